The molecule has 0 N–H and O–H groups in total. The van der Waals surface area contributed by atoms with Crippen LogP contribution in [0.15, 0.2) is 6.07 Å². The highest BCUT2D eigenvalue weighted by atomic mass is 16.6. The Labute approximate surface area is 122 Å². The second kappa shape index (κ2) is 4.98. The van der Waals surface area contributed by atoms with Gasteiger partial charge in [0.25, 0.3) is 5.69 Å². The largest absolute Gasteiger partial charge is 0.366 e. The predicted molar refractivity (Wildman–Crippen MR) is 80.0 cm³/mol. The molecule has 1 aliphatic carbocycles. The third-order valence-corrected chi connectivity index (χ3v) is 4.14. The maximum absolute atomic E-state index is 11.5. The first-order valence-electron chi connectivity index (χ1n) is 6.83. The summed E-state index contributed by atoms with van der Waals surface area (Å²) < 4.78 is 0. The summed E-state index contributed by atoms with van der Waals surface area (Å²) in [6.07, 6.45) is 2.31. The Hall–Kier alpha value is -2.18. The molecule has 114 valence electrons. The fourth-order valence-electron chi connectivity index (χ4n) is 3.16. The fourth-order valence-corrected chi connectivity index (χ4v) is 3.16. The summed E-state index contributed by atoms with van der Waals surface area (Å²) in [5, 5.41) is 22.9. The van der Waals surface area contributed by atoms with E-state index < -0.39 is 9.85 Å². The van der Waals surface area contributed by atoms with E-state index in [1.165, 1.54) is 11.0 Å². The first-order valence-corrected chi connectivity index (χ1v) is 6.83. The molecule has 0 radical (unpaired) electrons. The lowest BCUT2D eigenvalue weighted by molar-refractivity contribution is -0.393. The Bertz CT molecular complexity index is 623. The van der Waals surface area contributed by atoms with Gasteiger partial charge in [-0.3, -0.25) is 20.2 Å². The fraction of sp³-hybridized carbons (Fsp3) is 0.571. The zero-order chi connectivity index (χ0) is 15.9. The van der Waals surface area contributed by atoms with E-state index in [0.717, 1.165) is 18.4 Å². The lowest BCUT2D eigenvalue weighted by Crippen LogP contribution is -2.26. The van der Waals surface area contributed by atoms with Crippen molar-refractivity contribution in [2.75, 3.05) is 19.0 Å². The van der Waals surface area contributed by atoms with E-state index in [4.69, 9.17) is 0 Å². The molecule has 21 heavy (non-hydrogen) atoms. The van der Waals surface area contributed by atoms with Crippen LogP contribution in [-0.2, 0) is 11.8 Å². The van der Waals surface area contributed by atoms with E-state index in [1.54, 1.807) is 14.1 Å². The van der Waals surface area contributed by atoms with E-state index in [1.807, 2.05) is 13.8 Å². The van der Waals surface area contributed by atoms with Gasteiger partial charge in [-0.05, 0) is 30.2 Å². The van der Waals surface area contributed by atoms with Crippen molar-refractivity contribution in [3.63, 3.8) is 0 Å². The molecule has 0 spiro atoms. The molecule has 7 heteroatoms. The minimum Gasteiger partial charge on any atom is -0.366 e. The van der Waals surface area contributed by atoms with Gasteiger partial charge in [0.05, 0.1) is 9.85 Å². The number of rotatable bonds is 3. The molecule has 0 saturated heterocycles. The zero-order valence-electron chi connectivity index (χ0n) is 12.7. The van der Waals surface area contributed by atoms with Crippen LogP contribution < -0.4 is 4.90 Å². The summed E-state index contributed by atoms with van der Waals surface area (Å²) in [6.45, 7) is 3.96. The van der Waals surface area contributed by atoms with Gasteiger partial charge >= 0.3 is 5.69 Å². The Morgan fingerprint density at radius 2 is 1.81 bits per heavy atom. The maximum Gasteiger partial charge on any atom is 0.303 e. The summed E-state index contributed by atoms with van der Waals surface area (Å²) in [4.78, 5) is 23.3. The number of hydrogen-bond donors (Lipinski definition) is 0. The van der Waals surface area contributed by atoms with Crippen LogP contribution in [0.1, 0.15) is 37.8 Å². The number of fused-ring (bicyclic) bond motifs is 1. The normalized spacial score (nSPS) is 16.2. The summed E-state index contributed by atoms with van der Waals surface area (Å²) >= 11 is 0. The van der Waals surface area contributed by atoms with Crippen molar-refractivity contribution >= 4 is 17.1 Å². The quantitative estimate of drug-likeness (QED) is 0.630. The minimum absolute atomic E-state index is 0.0847. The second-order valence-corrected chi connectivity index (χ2v) is 6.27. The van der Waals surface area contributed by atoms with E-state index in [-0.39, 0.29) is 22.5 Å². The van der Waals surface area contributed by atoms with Crippen LogP contribution >= 0.6 is 0 Å². The molecule has 1 aliphatic rings. The number of anilines is 1. The van der Waals surface area contributed by atoms with Gasteiger partial charge in [-0.15, -0.1) is 0 Å². The van der Waals surface area contributed by atoms with Crippen molar-refractivity contribution in [3.8, 4) is 0 Å². The molecule has 0 aromatic heterocycles. The zero-order valence-corrected chi connectivity index (χ0v) is 12.7. The first kappa shape index (κ1) is 15.2. The summed E-state index contributed by atoms with van der Waals surface area (Å²) in [7, 11) is 3.19. The van der Waals surface area contributed by atoms with E-state index in [2.05, 4.69) is 0 Å². The Morgan fingerprint density at radius 3 is 2.29 bits per heavy atom. The van der Waals surface area contributed by atoms with Crippen molar-refractivity contribution in [1.82, 2.24) is 0 Å². The SMILES string of the molecule is CN(C)c1c([N+](=O)[O-])cc2c(c1[N+](=O)[O-])CCCC2(C)C. The van der Waals surface area contributed by atoms with Gasteiger partial charge in [-0.1, -0.05) is 13.8 Å². The Kier molecular flexibility index (Phi) is 3.61. The highest BCUT2D eigenvalue weighted by molar-refractivity contribution is 5.79. The van der Waals surface area contributed by atoms with Crippen molar-refractivity contribution < 1.29 is 9.85 Å². The van der Waals surface area contributed by atoms with Gasteiger partial charge in [-0.2, -0.15) is 0 Å². The Morgan fingerprint density at radius 1 is 1.19 bits per heavy atom. The molecule has 0 fully saturated rings. The molecule has 0 saturated carbocycles. The highest BCUT2D eigenvalue weighted by Gasteiger charge is 2.39. The Balaban J connectivity index is 2.91. The van der Waals surface area contributed by atoms with Crippen LogP contribution in [-0.4, -0.2) is 23.9 Å². The van der Waals surface area contributed by atoms with Gasteiger partial charge in [0.1, 0.15) is 0 Å². The molecular formula is C14H19N3O4. The molecule has 0 heterocycles. The smallest absolute Gasteiger partial charge is 0.303 e. The topological polar surface area (TPSA) is 89.5 Å². The van der Waals surface area contributed by atoms with Crippen molar-refractivity contribution in [3.05, 3.63) is 37.4 Å². The molecule has 2 rings (SSSR count). The summed E-state index contributed by atoms with van der Waals surface area (Å²) in [5.41, 5.74) is 0.871. The van der Waals surface area contributed by atoms with Crippen molar-refractivity contribution in [1.29, 1.82) is 0 Å². The lowest BCUT2D eigenvalue weighted by atomic mass is 9.72. The molecule has 0 amide bonds. The first-order chi connectivity index (χ1) is 9.66. The molecule has 1 aromatic carbocycles. The van der Waals surface area contributed by atoms with Gasteiger partial charge in [0.2, 0.25) is 0 Å². The number of nitro benzene ring substituents is 2. The standard InChI is InChI=1S/C14H19N3O4/c1-14(2)7-5-6-9-10(14)8-11(16(18)19)13(15(3)4)12(9)17(20)21/h8H,5-7H2,1-4H3. The molecule has 0 atom stereocenters. The third-order valence-electron chi connectivity index (χ3n) is 4.14. The lowest BCUT2D eigenvalue weighted by Gasteiger charge is -2.32. The van der Waals surface area contributed by atoms with Crippen LogP contribution in [0, 0.1) is 20.2 Å². The maximum atomic E-state index is 11.5. The molecule has 0 unspecified atom stereocenters. The van der Waals surface area contributed by atoms with Crippen molar-refractivity contribution in [2.45, 2.75) is 38.5 Å². The molecule has 0 bridgehead atoms. The average molecular weight is 293 g/mol. The minimum atomic E-state index is -0.534. The number of benzene rings is 1. The monoisotopic (exact) mass is 293 g/mol. The van der Waals surface area contributed by atoms with Gasteiger partial charge in [0, 0.05) is 25.7 Å². The summed E-state index contributed by atoms with van der Waals surface area (Å²) in [6, 6.07) is 1.52. The van der Waals surface area contributed by atoms with Crippen LogP contribution in [0.5, 0.6) is 0 Å². The van der Waals surface area contributed by atoms with Crippen LogP contribution in [0.2, 0.25) is 0 Å². The van der Waals surface area contributed by atoms with Crippen LogP contribution in [0.4, 0.5) is 17.1 Å². The second-order valence-electron chi connectivity index (χ2n) is 6.27. The highest BCUT2D eigenvalue weighted by Crippen LogP contribution is 2.48. The van der Waals surface area contributed by atoms with Crippen LogP contribution in [0.25, 0.3) is 0 Å². The van der Waals surface area contributed by atoms with Gasteiger partial charge in [0.15, 0.2) is 5.69 Å². The molecule has 7 nitrogen and oxygen atoms in total. The average Bonchev–Trinajstić information content (AvgIpc) is 2.35. The predicted octanol–water partition coefficient (Wildman–Crippen LogP) is 3.18. The van der Waals surface area contributed by atoms with E-state index in [9.17, 15) is 20.2 Å². The number of nitrogens with zero attached hydrogens (tertiary/aromatic N) is 3. The number of nitro groups is 2. The summed E-state index contributed by atoms with van der Waals surface area (Å²) in [5.74, 6) is 0. The van der Waals surface area contributed by atoms with Gasteiger partial charge < -0.3 is 4.90 Å². The van der Waals surface area contributed by atoms with Crippen molar-refractivity contribution in [2.24, 2.45) is 0 Å². The van der Waals surface area contributed by atoms with Crippen LogP contribution in [0.3, 0.4) is 0 Å². The third kappa shape index (κ3) is 2.43. The number of hydrogen-bond acceptors (Lipinski definition) is 5. The molecular weight excluding hydrogens is 274 g/mol. The van der Waals surface area contributed by atoms with E-state index in [0.29, 0.717) is 12.0 Å². The molecule has 0 aliphatic heterocycles. The van der Waals surface area contributed by atoms with E-state index >= 15 is 0 Å². The molecule has 1 aromatic rings. The van der Waals surface area contributed by atoms with Gasteiger partial charge in [-0.25, -0.2) is 0 Å².